The molecule has 20 heavy (non-hydrogen) atoms. The van der Waals surface area contributed by atoms with E-state index in [0.717, 1.165) is 24.2 Å². The largest absolute Gasteiger partial charge is 0.399 e. The van der Waals surface area contributed by atoms with Crippen LogP contribution in [0.5, 0.6) is 0 Å². The number of primary amides is 1. The number of fused-ring (bicyclic) bond motifs is 1. The van der Waals surface area contributed by atoms with Crippen molar-refractivity contribution in [3.8, 4) is 0 Å². The monoisotopic (exact) mass is 268 g/mol. The molecule has 0 aliphatic heterocycles. The van der Waals surface area contributed by atoms with Crippen molar-refractivity contribution in [3.05, 3.63) is 53.3 Å². The lowest BCUT2D eigenvalue weighted by atomic mass is 10.1. The van der Waals surface area contributed by atoms with E-state index in [4.69, 9.17) is 11.5 Å². The number of hydrogen-bond donors (Lipinski definition) is 3. The number of amides is 1. The number of carbonyl (C=O) groups excluding carboxylic acids is 1. The van der Waals surface area contributed by atoms with Crippen molar-refractivity contribution < 1.29 is 4.79 Å². The number of anilines is 2. The summed E-state index contributed by atoms with van der Waals surface area (Å²) >= 11 is 0. The van der Waals surface area contributed by atoms with Crippen LogP contribution in [0.1, 0.15) is 34.1 Å². The van der Waals surface area contributed by atoms with Crippen LogP contribution >= 0.6 is 0 Å². The molecule has 0 fully saturated rings. The number of aryl methyl sites for hydroxylation is 1. The lowest BCUT2D eigenvalue weighted by molar-refractivity contribution is 0.0995. The van der Waals surface area contributed by atoms with Gasteiger partial charge in [-0.1, -0.05) is 6.07 Å². The fourth-order valence-electron chi connectivity index (χ4n) is 2.64. The molecule has 1 aromatic heterocycles. The third-order valence-electron chi connectivity index (χ3n) is 3.60. The van der Waals surface area contributed by atoms with Gasteiger partial charge in [0, 0.05) is 17.6 Å². The molecule has 1 atom stereocenters. The third-order valence-corrected chi connectivity index (χ3v) is 3.60. The molecule has 0 saturated carbocycles. The maximum absolute atomic E-state index is 11.1. The lowest BCUT2D eigenvalue weighted by Crippen LogP contribution is -2.14. The standard InChI is InChI=1S/C15H16N4O/c16-10-2-3-12-9(7-10)1-4-13(12)19-11-5-6-18-14(8-11)15(17)20/h2-3,5-8,13H,1,4,16H2,(H2,17,20)(H,18,19). The molecule has 1 unspecified atom stereocenters. The summed E-state index contributed by atoms with van der Waals surface area (Å²) in [7, 11) is 0. The van der Waals surface area contributed by atoms with Gasteiger partial charge in [-0.05, 0) is 48.2 Å². The number of nitrogens with one attached hydrogen (secondary N) is 1. The number of benzene rings is 1. The van der Waals surface area contributed by atoms with Crippen molar-refractivity contribution in [2.75, 3.05) is 11.1 Å². The average Bonchev–Trinajstić information content (AvgIpc) is 2.81. The average molecular weight is 268 g/mol. The Labute approximate surface area is 117 Å². The van der Waals surface area contributed by atoms with E-state index in [1.54, 1.807) is 12.3 Å². The predicted octanol–water partition coefficient (Wildman–Crippen LogP) is 1.86. The van der Waals surface area contributed by atoms with Gasteiger partial charge in [0.1, 0.15) is 5.69 Å². The summed E-state index contributed by atoms with van der Waals surface area (Å²) in [6, 6.07) is 9.75. The molecule has 0 bridgehead atoms. The second kappa shape index (κ2) is 4.85. The van der Waals surface area contributed by atoms with Crippen LogP contribution < -0.4 is 16.8 Å². The Kier molecular flexibility index (Phi) is 3.02. The summed E-state index contributed by atoms with van der Waals surface area (Å²) in [6.07, 6.45) is 3.60. The molecular weight excluding hydrogens is 252 g/mol. The number of nitrogens with two attached hydrogens (primary N) is 2. The Morgan fingerprint density at radius 2 is 2.15 bits per heavy atom. The molecule has 3 rings (SSSR count). The van der Waals surface area contributed by atoms with Crippen LogP contribution in [0.4, 0.5) is 11.4 Å². The summed E-state index contributed by atoms with van der Waals surface area (Å²) < 4.78 is 0. The van der Waals surface area contributed by atoms with Crippen LogP contribution in [-0.2, 0) is 6.42 Å². The highest BCUT2D eigenvalue weighted by Crippen LogP contribution is 2.34. The number of carbonyl (C=O) groups is 1. The van der Waals surface area contributed by atoms with E-state index in [2.05, 4.69) is 16.4 Å². The molecule has 1 aliphatic carbocycles. The van der Waals surface area contributed by atoms with E-state index >= 15 is 0 Å². The van der Waals surface area contributed by atoms with E-state index < -0.39 is 5.91 Å². The van der Waals surface area contributed by atoms with Crippen LogP contribution in [0, 0.1) is 0 Å². The van der Waals surface area contributed by atoms with Crippen LogP contribution in [0.25, 0.3) is 0 Å². The molecular formula is C15H16N4O. The van der Waals surface area contributed by atoms with Gasteiger partial charge in [0.25, 0.3) is 5.91 Å². The molecule has 1 heterocycles. The second-order valence-electron chi connectivity index (χ2n) is 4.99. The number of nitrogens with zero attached hydrogens (tertiary/aromatic N) is 1. The minimum Gasteiger partial charge on any atom is -0.399 e. The molecule has 5 nitrogen and oxygen atoms in total. The van der Waals surface area contributed by atoms with Gasteiger partial charge in [0.05, 0.1) is 6.04 Å². The SMILES string of the molecule is NC(=O)c1cc(NC2CCc3cc(N)ccc32)ccn1. The quantitative estimate of drug-likeness (QED) is 0.741. The number of hydrogen-bond acceptors (Lipinski definition) is 4. The third kappa shape index (κ3) is 2.30. The first kappa shape index (κ1) is 12.5. The van der Waals surface area contributed by atoms with Crippen LogP contribution in [0.3, 0.4) is 0 Å². The van der Waals surface area contributed by atoms with Crippen molar-refractivity contribution in [2.24, 2.45) is 5.73 Å². The topological polar surface area (TPSA) is 94.0 Å². The highest BCUT2D eigenvalue weighted by molar-refractivity contribution is 5.91. The molecule has 1 aromatic carbocycles. The summed E-state index contributed by atoms with van der Waals surface area (Å²) in [4.78, 5) is 15.1. The van der Waals surface area contributed by atoms with Crippen molar-refractivity contribution in [2.45, 2.75) is 18.9 Å². The normalized spacial score (nSPS) is 16.7. The number of aromatic nitrogens is 1. The van der Waals surface area contributed by atoms with Crippen LogP contribution in [0.15, 0.2) is 36.5 Å². The zero-order chi connectivity index (χ0) is 14.1. The highest BCUT2D eigenvalue weighted by Gasteiger charge is 2.22. The number of rotatable bonds is 3. The van der Waals surface area contributed by atoms with Gasteiger partial charge < -0.3 is 16.8 Å². The Balaban J connectivity index is 1.84. The highest BCUT2D eigenvalue weighted by atomic mass is 16.1. The summed E-state index contributed by atoms with van der Waals surface area (Å²) in [5.41, 5.74) is 15.5. The second-order valence-corrected chi connectivity index (χ2v) is 4.99. The van der Waals surface area contributed by atoms with E-state index in [1.807, 2.05) is 18.2 Å². The van der Waals surface area contributed by atoms with Crippen molar-refractivity contribution in [1.29, 1.82) is 0 Å². The number of pyridine rings is 1. The Hall–Kier alpha value is -2.56. The minimum atomic E-state index is -0.520. The van der Waals surface area contributed by atoms with Gasteiger partial charge in [0.15, 0.2) is 0 Å². The van der Waals surface area contributed by atoms with Gasteiger partial charge in [-0.25, -0.2) is 0 Å². The molecule has 0 radical (unpaired) electrons. The van der Waals surface area contributed by atoms with E-state index in [0.29, 0.717) is 0 Å². The molecule has 1 amide bonds. The van der Waals surface area contributed by atoms with Crippen LogP contribution in [-0.4, -0.2) is 10.9 Å². The fraction of sp³-hybridized carbons (Fsp3) is 0.200. The zero-order valence-electron chi connectivity index (χ0n) is 11.0. The molecule has 0 spiro atoms. The van der Waals surface area contributed by atoms with Crippen LogP contribution in [0.2, 0.25) is 0 Å². The van der Waals surface area contributed by atoms with E-state index in [-0.39, 0.29) is 11.7 Å². The molecule has 5 heteroatoms. The summed E-state index contributed by atoms with van der Waals surface area (Å²) in [6.45, 7) is 0. The summed E-state index contributed by atoms with van der Waals surface area (Å²) in [5, 5.41) is 3.42. The molecule has 102 valence electrons. The van der Waals surface area contributed by atoms with E-state index in [9.17, 15) is 4.79 Å². The summed E-state index contributed by atoms with van der Waals surface area (Å²) in [5.74, 6) is -0.520. The van der Waals surface area contributed by atoms with E-state index in [1.165, 1.54) is 11.1 Å². The first-order chi connectivity index (χ1) is 9.63. The van der Waals surface area contributed by atoms with Gasteiger partial charge in [-0.3, -0.25) is 9.78 Å². The smallest absolute Gasteiger partial charge is 0.267 e. The fourth-order valence-corrected chi connectivity index (χ4v) is 2.64. The molecule has 2 aromatic rings. The molecule has 5 N–H and O–H groups in total. The Bertz CT molecular complexity index is 669. The molecule has 1 aliphatic rings. The minimum absolute atomic E-state index is 0.230. The zero-order valence-corrected chi connectivity index (χ0v) is 11.0. The number of nitrogen functional groups attached to an aromatic ring is 1. The maximum Gasteiger partial charge on any atom is 0.267 e. The Morgan fingerprint density at radius 3 is 2.95 bits per heavy atom. The predicted molar refractivity (Wildman–Crippen MR) is 78.3 cm³/mol. The van der Waals surface area contributed by atoms with Gasteiger partial charge in [-0.2, -0.15) is 0 Å². The van der Waals surface area contributed by atoms with Crippen molar-refractivity contribution in [1.82, 2.24) is 4.98 Å². The first-order valence-corrected chi connectivity index (χ1v) is 6.54. The molecule has 0 saturated heterocycles. The lowest BCUT2D eigenvalue weighted by Gasteiger charge is -2.16. The van der Waals surface area contributed by atoms with Gasteiger partial charge in [0.2, 0.25) is 0 Å². The first-order valence-electron chi connectivity index (χ1n) is 6.54. The van der Waals surface area contributed by atoms with Gasteiger partial charge in [-0.15, -0.1) is 0 Å². The van der Waals surface area contributed by atoms with Gasteiger partial charge >= 0.3 is 0 Å². The Morgan fingerprint density at radius 1 is 1.30 bits per heavy atom. The van der Waals surface area contributed by atoms with Crippen molar-refractivity contribution >= 4 is 17.3 Å². The maximum atomic E-state index is 11.1. The van der Waals surface area contributed by atoms with Crippen molar-refractivity contribution in [3.63, 3.8) is 0 Å².